The summed E-state index contributed by atoms with van der Waals surface area (Å²) in [5.74, 6) is 0.428. The normalized spacial score (nSPS) is 19.0. The molecule has 6 nitrogen and oxygen atoms in total. The molecule has 2 fully saturated rings. The molecule has 2 saturated heterocycles. The highest BCUT2D eigenvalue weighted by molar-refractivity contribution is 6.01. The molecule has 2 aliphatic rings. The van der Waals surface area contributed by atoms with Crippen LogP contribution in [-0.2, 0) is 9.59 Å². The molecule has 0 bridgehead atoms. The first-order valence-electron chi connectivity index (χ1n) is 8.88. The van der Waals surface area contributed by atoms with Crippen molar-refractivity contribution in [1.29, 1.82) is 0 Å². The van der Waals surface area contributed by atoms with E-state index in [0.29, 0.717) is 25.3 Å². The Morgan fingerprint density at radius 1 is 1.00 bits per heavy atom. The fourth-order valence-electron chi connectivity index (χ4n) is 3.73. The topological polar surface area (TPSA) is 69.3 Å². The third-order valence-electron chi connectivity index (χ3n) is 5.27. The van der Waals surface area contributed by atoms with Gasteiger partial charge in [0, 0.05) is 49.9 Å². The molecule has 4 rings (SSSR count). The Hall–Kier alpha value is -2.63. The summed E-state index contributed by atoms with van der Waals surface area (Å²) in [5, 5.41) is 6.82. The molecule has 130 valence electrons. The lowest BCUT2D eigenvalue weighted by atomic mass is 9.95. The minimum Gasteiger partial charge on any atom is -0.372 e. The summed E-state index contributed by atoms with van der Waals surface area (Å²) in [5.41, 5.74) is 3.46. The van der Waals surface area contributed by atoms with E-state index in [4.69, 9.17) is 0 Å². The van der Waals surface area contributed by atoms with Crippen LogP contribution in [0.15, 0.2) is 36.7 Å². The molecule has 0 saturated carbocycles. The number of benzene rings is 1. The fraction of sp³-hybridized carbons (Fsp3) is 0.421. The first-order valence-corrected chi connectivity index (χ1v) is 8.88. The number of imide groups is 1. The minimum atomic E-state index is 0.00210. The number of nitrogens with one attached hydrogen (secondary N) is 1. The highest BCUT2D eigenvalue weighted by Crippen LogP contribution is 2.27. The minimum absolute atomic E-state index is 0.00210. The van der Waals surface area contributed by atoms with Crippen LogP contribution in [-0.4, -0.2) is 46.5 Å². The number of anilines is 1. The van der Waals surface area contributed by atoms with E-state index in [1.165, 1.54) is 10.6 Å². The first kappa shape index (κ1) is 15.9. The lowest BCUT2D eigenvalue weighted by molar-refractivity contribution is -0.139. The molecule has 0 unspecified atom stereocenters. The zero-order chi connectivity index (χ0) is 17.2. The Labute approximate surface area is 146 Å². The van der Waals surface area contributed by atoms with Crippen LogP contribution >= 0.6 is 0 Å². The SMILES string of the molecule is O=C1CCC(=O)N1CC1CCN(c2ccc(-c3cn[nH]c3)cc2)CC1. The van der Waals surface area contributed by atoms with Gasteiger partial charge in [-0.2, -0.15) is 5.10 Å². The van der Waals surface area contributed by atoms with Gasteiger partial charge >= 0.3 is 0 Å². The molecule has 3 heterocycles. The standard InChI is InChI=1S/C19H22N4O2/c24-18-5-6-19(25)23(18)13-14-7-9-22(10-8-14)17-3-1-15(2-4-17)16-11-20-21-12-16/h1-4,11-12,14H,5-10,13H2,(H,20,21). The van der Waals surface area contributed by atoms with Gasteiger partial charge in [-0.05, 0) is 36.5 Å². The van der Waals surface area contributed by atoms with Crippen molar-refractivity contribution in [3.63, 3.8) is 0 Å². The van der Waals surface area contributed by atoms with E-state index >= 15 is 0 Å². The van der Waals surface area contributed by atoms with Crippen molar-refractivity contribution in [2.75, 3.05) is 24.5 Å². The third kappa shape index (κ3) is 3.29. The van der Waals surface area contributed by atoms with Crippen molar-refractivity contribution < 1.29 is 9.59 Å². The monoisotopic (exact) mass is 338 g/mol. The maximum absolute atomic E-state index is 11.8. The van der Waals surface area contributed by atoms with Gasteiger partial charge in [0.1, 0.15) is 0 Å². The summed E-state index contributed by atoms with van der Waals surface area (Å²) >= 11 is 0. The zero-order valence-electron chi connectivity index (χ0n) is 14.1. The van der Waals surface area contributed by atoms with Crippen LogP contribution in [0, 0.1) is 5.92 Å². The molecule has 1 aromatic heterocycles. The van der Waals surface area contributed by atoms with Crippen molar-refractivity contribution in [1.82, 2.24) is 15.1 Å². The van der Waals surface area contributed by atoms with Gasteiger partial charge in [0.05, 0.1) is 6.20 Å². The second kappa shape index (κ2) is 6.70. The molecule has 1 N–H and O–H groups in total. The Morgan fingerprint density at radius 2 is 1.68 bits per heavy atom. The molecule has 2 aromatic rings. The number of aromatic nitrogens is 2. The van der Waals surface area contributed by atoms with E-state index in [0.717, 1.165) is 37.1 Å². The van der Waals surface area contributed by atoms with Crippen molar-refractivity contribution in [2.24, 2.45) is 5.92 Å². The van der Waals surface area contributed by atoms with E-state index in [1.54, 1.807) is 0 Å². The number of aromatic amines is 1. The first-order chi connectivity index (χ1) is 12.2. The van der Waals surface area contributed by atoms with Gasteiger partial charge in [0.15, 0.2) is 0 Å². The lowest BCUT2D eigenvalue weighted by Crippen LogP contribution is -2.40. The second-order valence-corrected chi connectivity index (χ2v) is 6.86. The Morgan fingerprint density at radius 3 is 2.28 bits per heavy atom. The van der Waals surface area contributed by atoms with Crippen molar-refractivity contribution in [2.45, 2.75) is 25.7 Å². The van der Waals surface area contributed by atoms with E-state index < -0.39 is 0 Å². The largest absolute Gasteiger partial charge is 0.372 e. The number of nitrogens with zero attached hydrogens (tertiary/aromatic N) is 3. The number of amides is 2. The van der Waals surface area contributed by atoms with Gasteiger partial charge < -0.3 is 4.90 Å². The average Bonchev–Trinajstić information content (AvgIpc) is 3.29. The molecule has 2 amide bonds. The van der Waals surface area contributed by atoms with Gasteiger partial charge in [0.2, 0.25) is 11.8 Å². The molecular formula is C19H22N4O2. The molecule has 0 radical (unpaired) electrons. The van der Waals surface area contributed by atoms with Gasteiger partial charge in [-0.1, -0.05) is 12.1 Å². The van der Waals surface area contributed by atoms with Crippen LogP contribution in [0.2, 0.25) is 0 Å². The van der Waals surface area contributed by atoms with Gasteiger partial charge in [-0.25, -0.2) is 0 Å². The second-order valence-electron chi connectivity index (χ2n) is 6.86. The number of hydrogen-bond donors (Lipinski definition) is 1. The van der Waals surface area contributed by atoms with Crippen molar-refractivity contribution in [3.05, 3.63) is 36.7 Å². The van der Waals surface area contributed by atoms with E-state index in [1.807, 2.05) is 12.4 Å². The van der Waals surface area contributed by atoms with Crippen LogP contribution < -0.4 is 4.90 Å². The summed E-state index contributed by atoms with van der Waals surface area (Å²) in [7, 11) is 0. The zero-order valence-corrected chi connectivity index (χ0v) is 14.1. The highest BCUT2D eigenvalue weighted by Gasteiger charge is 2.32. The van der Waals surface area contributed by atoms with Crippen LogP contribution in [0.3, 0.4) is 0 Å². The smallest absolute Gasteiger partial charge is 0.229 e. The van der Waals surface area contributed by atoms with Crippen LogP contribution in [0.5, 0.6) is 0 Å². The summed E-state index contributed by atoms with van der Waals surface area (Å²) in [4.78, 5) is 27.4. The molecular weight excluding hydrogens is 316 g/mol. The number of likely N-dealkylation sites (tertiary alicyclic amines) is 1. The molecule has 1 aromatic carbocycles. The molecule has 0 spiro atoms. The van der Waals surface area contributed by atoms with Gasteiger partial charge in [0.25, 0.3) is 0 Å². The Balaban J connectivity index is 1.34. The van der Waals surface area contributed by atoms with Crippen molar-refractivity contribution >= 4 is 17.5 Å². The predicted molar refractivity (Wildman–Crippen MR) is 94.9 cm³/mol. The quantitative estimate of drug-likeness (QED) is 0.870. The molecule has 2 aliphatic heterocycles. The van der Waals surface area contributed by atoms with E-state index in [-0.39, 0.29) is 11.8 Å². The number of hydrogen-bond acceptors (Lipinski definition) is 4. The van der Waals surface area contributed by atoms with Gasteiger partial charge in [-0.15, -0.1) is 0 Å². The fourth-order valence-corrected chi connectivity index (χ4v) is 3.73. The van der Waals surface area contributed by atoms with E-state index in [9.17, 15) is 9.59 Å². The molecule has 0 atom stereocenters. The van der Waals surface area contributed by atoms with Crippen LogP contribution in [0.25, 0.3) is 11.1 Å². The van der Waals surface area contributed by atoms with Gasteiger partial charge in [-0.3, -0.25) is 19.6 Å². The molecule has 0 aliphatic carbocycles. The van der Waals surface area contributed by atoms with Crippen LogP contribution in [0.1, 0.15) is 25.7 Å². The molecule has 6 heteroatoms. The lowest BCUT2D eigenvalue weighted by Gasteiger charge is -2.35. The van der Waals surface area contributed by atoms with E-state index in [2.05, 4.69) is 39.4 Å². The summed E-state index contributed by atoms with van der Waals surface area (Å²) in [6.45, 7) is 2.53. The number of H-pyrrole nitrogens is 1. The summed E-state index contributed by atoms with van der Waals surface area (Å²) < 4.78 is 0. The average molecular weight is 338 g/mol. The maximum atomic E-state index is 11.8. The number of carbonyl (C=O) groups is 2. The summed E-state index contributed by atoms with van der Waals surface area (Å²) in [6.07, 6.45) is 6.52. The Bertz CT molecular complexity index is 730. The van der Waals surface area contributed by atoms with Crippen molar-refractivity contribution in [3.8, 4) is 11.1 Å². The Kier molecular flexibility index (Phi) is 4.26. The predicted octanol–water partition coefficient (Wildman–Crippen LogP) is 2.44. The highest BCUT2D eigenvalue weighted by atomic mass is 16.2. The number of carbonyl (C=O) groups excluding carboxylic acids is 2. The molecule has 25 heavy (non-hydrogen) atoms. The maximum Gasteiger partial charge on any atom is 0.229 e. The summed E-state index contributed by atoms with van der Waals surface area (Å²) in [6, 6.07) is 8.54. The number of piperidine rings is 1. The van der Waals surface area contributed by atoms with Crippen LogP contribution in [0.4, 0.5) is 5.69 Å². The third-order valence-corrected chi connectivity index (χ3v) is 5.27. The number of rotatable bonds is 4.